The topological polar surface area (TPSA) is 119 Å². The second-order valence-corrected chi connectivity index (χ2v) is 10.1. The molecule has 8 nitrogen and oxygen atoms in total. The number of ether oxygens (including phenoxy) is 2. The van der Waals surface area contributed by atoms with Crippen LogP contribution in [0.5, 0.6) is 17.2 Å². The van der Waals surface area contributed by atoms with Crippen molar-refractivity contribution in [1.29, 1.82) is 0 Å². The molecule has 10 heteroatoms. The Bertz CT molecular complexity index is 1120. The number of benzene rings is 2. The molecule has 0 radical (unpaired) electrons. The number of rotatable bonds is 8. The minimum atomic E-state index is -3.67. The van der Waals surface area contributed by atoms with Crippen molar-refractivity contribution in [2.45, 2.75) is 37.5 Å². The summed E-state index contributed by atoms with van der Waals surface area (Å²) < 4.78 is 35.7. The zero-order valence-corrected chi connectivity index (χ0v) is 19.3. The number of phenols is 1. The van der Waals surface area contributed by atoms with Crippen LogP contribution in [0.1, 0.15) is 31.2 Å². The molecule has 3 rings (SSSR count). The lowest BCUT2D eigenvalue weighted by Crippen LogP contribution is -2.22. The van der Waals surface area contributed by atoms with Crippen LogP contribution in [0.25, 0.3) is 0 Å². The lowest BCUT2D eigenvalue weighted by Gasteiger charge is -2.25. The van der Waals surface area contributed by atoms with Crippen LogP contribution < -0.4 is 10.1 Å². The molecule has 1 aliphatic rings. The number of esters is 1. The average Bonchev–Trinajstić information content (AvgIpc) is 2.68. The summed E-state index contributed by atoms with van der Waals surface area (Å²) >= 11 is 6.32. The van der Waals surface area contributed by atoms with Crippen molar-refractivity contribution < 1.29 is 32.6 Å². The van der Waals surface area contributed by atoms with E-state index in [1.807, 2.05) is 0 Å². The Labute approximate surface area is 191 Å². The maximum absolute atomic E-state index is 12.7. The van der Waals surface area contributed by atoms with Gasteiger partial charge >= 0.3 is 5.97 Å². The monoisotopic (exact) mass is 481 g/mol. The molecule has 32 heavy (non-hydrogen) atoms. The van der Waals surface area contributed by atoms with Gasteiger partial charge in [0.1, 0.15) is 28.6 Å². The molecule has 0 heterocycles. The molecule has 0 unspecified atom stereocenters. The first kappa shape index (κ1) is 23.9. The Morgan fingerprint density at radius 2 is 1.94 bits per heavy atom. The second-order valence-electron chi connectivity index (χ2n) is 7.72. The van der Waals surface area contributed by atoms with Gasteiger partial charge in [0.05, 0.1) is 17.9 Å². The maximum atomic E-state index is 12.7. The number of aromatic hydroxyl groups is 1. The second kappa shape index (κ2) is 9.79. The Hall–Kier alpha value is -2.78. The van der Waals surface area contributed by atoms with Crippen LogP contribution in [0.2, 0.25) is 5.02 Å². The largest absolute Gasteiger partial charge is 0.507 e. The third-order valence-electron chi connectivity index (χ3n) is 5.21. The highest BCUT2D eigenvalue weighted by Gasteiger charge is 2.28. The van der Waals surface area contributed by atoms with Crippen molar-refractivity contribution in [2.24, 2.45) is 5.92 Å². The zero-order chi connectivity index (χ0) is 23.5. The average molecular weight is 482 g/mol. The van der Waals surface area contributed by atoms with E-state index in [1.54, 1.807) is 13.0 Å². The highest BCUT2D eigenvalue weighted by Crippen LogP contribution is 2.38. The van der Waals surface area contributed by atoms with Gasteiger partial charge in [-0.25, -0.2) is 8.42 Å². The number of sulfone groups is 1. The Balaban J connectivity index is 1.80. The quantitative estimate of drug-likeness (QED) is 0.428. The molecule has 0 saturated heterocycles. The predicted octanol–water partition coefficient (Wildman–Crippen LogP) is 4.22. The van der Waals surface area contributed by atoms with Crippen LogP contribution in [0.15, 0.2) is 35.2 Å². The molecular formula is C22H24ClNO7S. The minimum Gasteiger partial charge on any atom is -0.507 e. The van der Waals surface area contributed by atoms with Crippen molar-refractivity contribution >= 4 is 39.0 Å². The number of carbonyl (C=O) groups excluding carboxylic acids is 2. The lowest BCUT2D eigenvalue weighted by molar-refractivity contribution is -0.142. The summed E-state index contributed by atoms with van der Waals surface area (Å²) in [7, 11) is -2.48. The zero-order valence-electron chi connectivity index (χ0n) is 17.7. The number of phenolic OH excluding ortho intramolecular Hbond substituents is 1. The lowest BCUT2D eigenvalue weighted by atomic mass is 9.87. The summed E-state index contributed by atoms with van der Waals surface area (Å²) in [6.07, 6.45) is 2.32. The molecule has 2 N–H and O–H groups in total. The summed E-state index contributed by atoms with van der Waals surface area (Å²) in [4.78, 5) is 22.9. The van der Waals surface area contributed by atoms with Gasteiger partial charge in [-0.1, -0.05) is 18.0 Å². The molecule has 2 aromatic carbocycles. The summed E-state index contributed by atoms with van der Waals surface area (Å²) in [5, 5.41) is 12.8. The van der Waals surface area contributed by atoms with Crippen molar-refractivity contribution in [3.8, 4) is 17.2 Å². The van der Waals surface area contributed by atoms with Gasteiger partial charge in [0.25, 0.3) is 0 Å². The van der Waals surface area contributed by atoms with Gasteiger partial charge in [-0.2, -0.15) is 0 Å². The highest BCUT2D eigenvalue weighted by molar-refractivity contribution is 7.91. The van der Waals surface area contributed by atoms with Gasteiger partial charge in [-0.3, -0.25) is 9.59 Å². The van der Waals surface area contributed by atoms with E-state index in [1.165, 1.54) is 31.4 Å². The van der Waals surface area contributed by atoms with E-state index in [2.05, 4.69) is 10.1 Å². The fourth-order valence-corrected chi connectivity index (χ4v) is 5.45. The minimum absolute atomic E-state index is 0.0102. The predicted molar refractivity (Wildman–Crippen MR) is 119 cm³/mol. The molecule has 0 bridgehead atoms. The first-order valence-electron chi connectivity index (χ1n) is 9.99. The summed E-state index contributed by atoms with van der Waals surface area (Å²) in [6, 6.07) is 7.05. The number of nitrogens with one attached hydrogen (secondary N) is 1. The third-order valence-corrected chi connectivity index (χ3v) is 7.40. The molecule has 1 fully saturated rings. The molecule has 0 aliphatic heterocycles. The summed E-state index contributed by atoms with van der Waals surface area (Å²) in [5.74, 6) is -0.982. The van der Waals surface area contributed by atoms with Crippen LogP contribution >= 0.6 is 11.6 Å². The molecule has 1 aliphatic carbocycles. The standard InChI is InChI=1S/C22H24ClNO7S/c1-13-8-15(24-20(26)11-21(27)30-2)9-17(23)22(13)31-16-6-7-18(25)19(10-16)32(28,29)12-14-4-3-5-14/h6-10,14,25H,3-5,11-12H2,1-2H3,(H,24,26). The van der Waals surface area contributed by atoms with Gasteiger partial charge in [-0.15, -0.1) is 0 Å². The Morgan fingerprint density at radius 3 is 2.53 bits per heavy atom. The van der Waals surface area contributed by atoms with E-state index >= 15 is 0 Å². The van der Waals surface area contributed by atoms with Gasteiger partial charge in [-0.05, 0) is 55.5 Å². The molecule has 1 amide bonds. The molecule has 0 spiro atoms. The number of halogens is 1. The number of methoxy groups -OCH3 is 1. The number of aryl methyl sites for hydroxylation is 1. The fourth-order valence-electron chi connectivity index (χ4n) is 3.33. The van der Waals surface area contributed by atoms with Crippen molar-refractivity contribution in [3.05, 3.63) is 40.9 Å². The summed E-state index contributed by atoms with van der Waals surface area (Å²) in [5.41, 5.74) is 0.932. The Kier molecular flexibility index (Phi) is 7.30. The van der Waals surface area contributed by atoms with Crippen molar-refractivity contribution in [1.82, 2.24) is 0 Å². The molecular weight excluding hydrogens is 458 g/mol. The van der Waals surface area contributed by atoms with Crippen molar-refractivity contribution in [3.63, 3.8) is 0 Å². The molecule has 2 aromatic rings. The van der Waals surface area contributed by atoms with E-state index in [0.29, 0.717) is 11.3 Å². The van der Waals surface area contributed by atoms with Gasteiger partial charge < -0.3 is 19.9 Å². The van der Waals surface area contributed by atoms with Gasteiger partial charge in [0.2, 0.25) is 5.91 Å². The van der Waals surface area contributed by atoms with Crippen LogP contribution in [0.4, 0.5) is 5.69 Å². The SMILES string of the molecule is COC(=O)CC(=O)Nc1cc(C)c(Oc2ccc(O)c(S(=O)(=O)CC3CCC3)c2)c(Cl)c1. The van der Waals surface area contributed by atoms with Crippen LogP contribution in [-0.2, 0) is 24.2 Å². The van der Waals surface area contributed by atoms with Crippen LogP contribution in [0.3, 0.4) is 0 Å². The van der Waals surface area contributed by atoms with Gasteiger partial charge in [0, 0.05) is 11.8 Å². The fraction of sp³-hybridized carbons (Fsp3) is 0.364. The van der Waals surface area contributed by atoms with Gasteiger partial charge in [0.15, 0.2) is 9.84 Å². The number of carbonyl (C=O) groups is 2. The smallest absolute Gasteiger partial charge is 0.315 e. The van der Waals surface area contributed by atoms with E-state index < -0.39 is 28.1 Å². The molecule has 172 valence electrons. The highest BCUT2D eigenvalue weighted by atomic mass is 35.5. The number of anilines is 1. The molecule has 0 aromatic heterocycles. The van der Waals surface area contributed by atoms with E-state index in [9.17, 15) is 23.1 Å². The third kappa shape index (κ3) is 5.72. The molecule has 1 saturated carbocycles. The summed E-state index contributed by atoms with van der Waals surface area (Å²) in [6.45, 7) is 1.70. The number of amides is 1. The molecule has 0 atom stereocenters. The van der Waals surface area contributed by atoms with E-state index in [-0.39, 0.29) is 38.8 Å². The number of hydrogen-bond acceptors (Lipinski definition) is 7. The Morgan fingerprint density at radius 1 is 1.22 bits per heavy atom. The number of hydrogen-bond donors (Lipinski definition) is 2. The van der Waals surface area contributed by atoms with E-state index in [4.69, 9.17) is 16.3 Å². The first-order valence-corrected chi connectivity index (χ1v) is 12.0. The maximum Gasteiger partial charge on any atom is 0.315 e. The normalized spacial score (nSPS) is 13.8. The van der Waals surface area contributed by atoms with Crippen LogP contribution in [0, 0.1) is 12.8 Å². The van der Waals surface area contributed by atoms with E-state index in [0.717, 1.165) is 19.3 Å². The van der Waals surface area contributed by atoms with Crippen molar-refractivity contribution in [2.75, 3.05) is 18.2 Å². The first-order chi connectivity index (χ1) is 15.1. The van der Waals surface area contributed by atoms with Crippen LogP contribution in [-0.4, -0.2) is 38.3 Å².